The van der Waals surface area contributed by atoms with Gasteiger partial charge in [-0.05, 0) is 24.1 Å². The Labute approximate surface area is 66.0 Å². The van der Waals surface area contributed by atoms with E-state index < -0.39 is 5.60 Å². The zero-order valence-electron chi connectivity index (χ0n) is 6.41. The predicted molar refractivity (Wildman–Crippen MR) is 45.0 cm³/mol. The van der Waals surface area contributed by atoms with Gasteiger partial charge in [-0.1, -0.05) is 30.3 Å². The van der Waals surface area contributed by atoms with E-state index in [4.69, 9.17) is 0 Å². The van der Waals surface area contributed by atoms with Crippen molar-refractivity contribution >= 4 is 6.08 Å². The first-order valence-corrected chi connectivity index (χ1v) is 3.71. The van der Waals surface area contributed by atoms with Crippen LogP contribution in [0.25, 0.3) is 6.08 Å². The van der Waals surface area contributed by atoms with Crippen LogP contribution in [-0.4, -0.2) is 5.11 Å². The van der Waals surface area contributed by atoms with Crippen LogP contribution in [0.3, 0.4) is 0 Å². The number of hydrogen-bond acceptors (Lipinski definition) is 1. The fourth-order valence-corrected chi connectivity index (χ4v) is 1.45. The van der Waals surface area contributed by atoms with E-state index in [0.717, 1.165) is 11.1 Å². The normalized spacial score (nSPS) is 27.1. The molecular formula is C10H10O. The van der Waals surface area contributed by atoms with Gasteiger partial charge >= 0.3 is 0 Å². The minimum absolute atomic E-state index is 0.753. The Hall–Kier alpha value is -1.08. The predicted octanol–water partition coefficient (Wildman–Crippen LogP) is 1.92. The van der Waals surface area contributed by atoms with Crippen molar-refractivity contribution in [2.45, 2.75) is 12.5 Å². The van der Waals surface area contributed by atoms with E-state index in [9.17, 15) is 5.11 Å². The molecule has 0 spiro atoms. The molecule has 1 atom stereocenters. The Morgan fingerprint density at radius 2 is 2.00 bits per heavy atom. The molecule has 0 bridgehead atoms. The summed E-state index contributed by atoms with van der Waals surface area (Å²) < 4.78 is 0. The molecule has 1 N–H and O–H groups in total. The van der Waals surface area contributed by atoms with Crippen molar-refractivity contribution in [3.05, 3.63) is 41.5 Å². The van der Waals surface area contributed by atoms with Crippen molar-refractivity contribution in [2.75, 3.05) is 0 Å². The summed E-state index contributed by atoms with van der Waals surface area (Å²) in [6.45, 7) is 1.80. The number of fused-ring (bicyclic) bond motifs is 1. The highest BCUT2D eigenvalue weighted by Gasteiger charge is 2.25. The fourth-order valence-electron chi connectivity index (χ4n) is 1.45. The summed E-state index contributed by atoms with van der Waals surface area (Å²) in [6.07, 6.45) is 3.77. The van der Waals surface area contributed by atoms with Crippen LogP contribution in [0.4, 0.5) is 0 Å². The second-order valence-corrected chi connectivity index (χ2v) is 3.07. The largest absolute Gasteiger partial charge is 0.381 e. The molecule has 11 heavy (non-hydrogen) atoms. The summed E-state index contributed by atoms with van der Waals surface area (Å²) in [6, 6.07) is 7.88. The van der Waals surface area contributed by atoms with Crippen LogP contribution < -0.4 is 0 Å². The average molecular weight is 146 g/mol. The van der Waals surface area contributed by atoms with Crippen LogP contribution >= 0.6 is 0 Å². The highest BCUT2D eigenvalue weighted by atomic mass is 16.3. The van der Waals surface area contributed by atoms with Gasteiger partial charge in [0.25, 0.3) is 0 Å². The molecule has 1 aliphatic carbocycles. The first-order valence-electron chi connectivity index (χ1n) is 3.71. The van der Waals surface area contributed by atoms with Crippen LogP contribution in [0, 0.1) is 0 Å². The van der Waals surface area contributed by atoms with E-state index in [1.54, 1.807) is 6.92 Å². The molecule has 0 heterocycles. The molecule has 1 aromatic carbocycles. The van der Waals surface area contributed by atoms with Gasteiger partial charge in [0.1, 0.15) is 5.60 Å². The fraction of sp³-hybridized carbons (Fsp3) is 0.200. The van der Waals surface area contributed by atoms with Gasteiger partial charge in [0, 0.05) is 0 Å². The van der Waals surface area contributed by atoms with Crippen molar-refractivity contribution in [1.29, 1.82) is 0 Å². The van der Waals surface area contributed by atoms with Crippen molar-refractivity contribution in [2.24, 2.45) is 0 Å². The summed E-state index contributed by atoms with van der Waals surface area (Å²) in [5.41, 5.74) is 1.37. The lowest BCUT2D eigenvalue weighted by Gasteiger charge is -2.15. The molecule has 1 nitrogen and oxygen atoms in total. The Bertz CT molecular complexity index is 310. The van der Waals surface area contributed by atoms with E-state index >= 15 is 0 Å². The lowest BCUT2D eigenvalue weighted by atomic mass is 9.99. The van der Waals surface area contributed by atoms with Crippen LogP contribution in [-0.2, 0) is 5.60 Å². The first-order chi connectivity index (χ1) is 5.20. The zero-order chi connectivity index (χ0) is 7.90. The van der Waals surface area contributed by atoms with E-state index in [0.29, 0.717) is 0 Å². The lowest BCUT2D eigenvalue weighted by Crippen LogP contribution is -2.14. The van der Waals surface area contributed by atoms with Crippen LogP contribution in [0.2, 0.25) is 0 Å². The topological polar surface area (TPSA) is 20.2 Å². The van der Waals surface area contributed by atoms with E-state index in [-0.39, 0.29) is 0 Å². The summed E-state index contributed by atoms with van der Waals surface area (Å²) in [5, 5.41) is 9.76. The summed E-state index contributed by atoms with van der Waals surface area (Å²) in [5.74, 6) is 0. The third kappa shape index (κ3) is 0.889. The van der Waals surface area contributed by atoms with Crippen molar-refractivity contribution in [3.8, 4) is 0 Å². The van der Waals surface area contributed by atoms with E-state index in [1.807, 2.05) is 36.4 Å². The van der Waals surface area contributed by atoms with Gasteiger partial charge in [-0.3, -0.25) is 0 Å². The Balaban J connectivity index is 2.64. The van der Waals surface area contributed by atoms with Crippen molar-refractivity contribution < 1.29 is 5.11 Å². The molecule has 0 aromatic heterocycles. The molecule has 56 valence electrons. The molecule has 1 aromatic rings. The second-order valence-electron chi connectivity index (χ2n) is 3.07. The molecule has 0 aliphatic heterocycles. The molecule has 0 radical (unpaired) electrons. The average Bonchev–Trinajstić information content (AvgIpc) is 2.29. The molecule has 2 rings (SSSR count). The van der Waals surface area contributed by atoms with Gasteiger partial charge in [-0.15, -0.1) is 0 Å². The Morgan fingerprint density at radius 1 is 1.27 bits per heavy atom. The quantitative estimate of drug-likeness (QED) is 0.593. The SMILES string of the molecule is CC1(O)C=Cc2ccccc21. The summed E-state index contributed by atoms with van der Waals surface area (Å²) in [4.78, 5) is 0. The molecular weight excluding hydrogens is 136 g/mol. The van der Waals surface area contributed by atoms with Crippen molar-refractivity contribution in [3.63, 3.8) is 0 Å². The van der Waals surface area contributed by atoms with Crippen LogP contribution in [0.5, 0.6) is 0 Å². The number of aliphatic hydroxyl groups is 1. The maximum Gasteiger partial charge on any atom is 0.106 e. The summed E-state index contributed by atoms with van der Waals surface area (Å²) >= 11 is 0. The smallest absolute Gasteiger partial charge is 0.106 e. The van der Waals surface area contributed by atoms with E-state index in [1.165, 1.54) is 0 Å². The van der Waals surface area contributed by atoms with Crippen LogP contribution in [0.15, 0.2) is 30.3 Å². The maximum atomic E-state index is 9.76. The number of benzene rings is 1. The monoisotopic (exact) mass is 146 g/mol. The lowest BCUT2D eigenvalue weighted by molar-refractivity contribution is 0.115. The van der Waals surface area contributed by atoms with E-state index in [2.05, 4.69) is 0 Å². The Kier molecular flexibility index (Phi) is 1.18. The van der Waals surface area contributed by atoms with Gasteiger partial charge in [0.15, 0.2) is 0 Å². The van der Waals surface area contributed by atoms with Gasteiger partial charge in [0.2, 0.25) is 0 Å². The standard InChI is InChI=1S/C10H10O/c1-10(11)7-6-8-4-2-3-5-9(8)10/h2-7,11H,1H3. The molecule has 0 amide bonds. The highest BCUT2D eigenvalue weighted by molar-refractivity contribution is 5.63. The minimum Gasteiger partial charge on any atom is -0.381 e. The van der Waals surface area contributed by atoms with Crippen molar-refractivity contribution in [1.82, 2.24) is 0 Å². The van der Waals surface area contributed by atoms with Gasteiger partial charge in [-0.25, -0.2) is 0 Å². The number of rotatable bonds is 0. The number of hydrogen-bond donors (Lipinski definition) is 1. The van der Waals surface area contributed by atoms with Gasteiger partial charge in [-0.2, -0.15) is 0 Å². The molecule has 0 saturated heterocycles. The minimum atomic E-state index is -0.753. The summed E-state index contributed by atoms with van der Waals surface area (Å²) in [7, 11) is 0. The first kappa shape index (κ1) is 6.62. The molecule has 1 heteroatoms. The third-order valence-electron chi connectivity index (χ3n) is 2.09. The zero-order valence-corrected chi connectivity index (χ0v) is 6.41. The molecule has 1 aliphatic rings. The highest BCUT2D eigenvalue weighted by Crippen LogP contribution is 2.32. The molecule has 0 saturated carbocycles. The molecule has 0 fully saturated rings. The van der Waals surface area contributed by atoms with Gasteiger partial charge in [0.05, 0.1) is 0 Å². The second kappa shape index (κ2) is 1.95. The molecule has 1 unspecified atom stereocenters. The van der Waals surface area contributed by atoms with Crippen LogP contribution in [0.1, 0.15) is 18.1 Å². The maximum absolute atomic E-state index is 9.76. The van der Waals surface area contributed by atoms with Gasteiger partial charge < -0.3 is 5.11 Å². The third-order valence-corrected chi connectivity index (χ3v) is 2.09. The Morgan fingerprint density at radius 3 is 2.73 bits per heavy atom.